The quantitative estimate of drug-likeness (QED) is 0.458. The van der Waals surface area contributed by atoms with Crippen LogP contribution in [0.5, 0.6) is 11.5 Å². The van der Waals surface area contributed by atoms with Crippen molar-refractivity contribution in [1.82, 2.24) is 0 Å². The second kappa shape index (κ2) is 7.43. The van der Waals surface area contributed by atoms with E-state index in [2.05, 4.69) is 0 Å². The highest BCUT2D eigenvalue weighted by Gasteiger charge is 2.52. The first kappa shape index (κ1) is 19.2. The van der Waals surface area contributed by atoms with Crippen LogP contribution in [0.25, 0.3) is 0 Å². The lowest BCUT2D eigenvalue weighted by atomic mass is 9.78. The Bertz CT molecular complexity index is 588. The maximum atomic E-state index is 10.6. The minimum Gasteiger partial charge on any atom is -0.497 e. The number of benzene rings is 1. The Morgan fingerprint density at radius 3 is 2.38 bits per heavy atom. The number of rotatable bonds is 7. The summed E-state index contributed by atoms with van der Waals surface area (Å²) in [6.45, 7) is 8.37. The highest BCUT2D eigenvalue weighted by atomic mass is 32.2. The Balaban J connectivity index is 2.08. The predicted molar refractivity (Wildman–Crippen MR) is 94.5 cm³/mol. The van der Waals surface area contributed by atoms with Crippen LogP contribution in [0.3, 0.4) is 0 Å². The van der Waals surface area contributed by atoms with Crippen LogP contribution in [-0.4, -0.2) is 46.6 Å². The van der Waals surface area contributed by atoms with Crippen LogP contribution in [0.2, 0.25) is 0 Å². The Morgan fingerprint density at radius 1 is 1.21 bits per heavy atom. The molecule has 1 aromatic carbocycles. The van der Waals surface area contributed by atoms with E-state index in [0.717, 1.165) is 5.46 Å². The van der Waals surface area contributed by atoms with Crippen molar-refractivity contribution in [3.05, 3.63) is 18.2 Å². The maximum absolute atomic E-state index is 10.6. The molecule has 6 nitrogen and oxygen atoms in total. The van der Waals surface area contributed by atoms with E-state index in [1.165, 1.54) is 0 Å². The fraction of sp³-hybridized carbons (Fsp3) is 0.625. The third-order valence-electron chi connectivity index (χ3n) is 4.44. The molecule has 1 fully saturated rings. The van der Waals surface area contributed by atoms with Gasteiger partial charge in [0.25, 0.3) is 0 Å². The van der Waals surface area contributed by atoms with Crippen LogP contribution in [0.1, 0.15) is 34.1 Å². The molecule has 24 heavy (non-hydrogen) atoms. The fourth-order valence-corrected chi connectivity index (χ4v) is 2.68. The van der Waals surface area contributed by atoms with Crippen LogP contribution in [0.4, 0.5) is 0 Å². The molecule has 134 valence electrons. The third kappa shape index (κ3) is 4.30. The Morgan fingerprint density at radius 2 is 1.83 bits per heavy atom. The zero-order valence-corrected chi connectivity index (χ0v) is 15.6. The molecule has 1 unspecified atom stereocenters. The van der Waals surface area contributed by atoms with Gasteiger partial charge in [0, 0.05) is 11.5 Å². The zero-order valence-electron chi connectivity index (χ0n) is 14.8. The minimum atomic E-state index is -1.79. The molecule has 1 aliphatic heterocycles. The van der Waals surface area contributed by atoms with Gasteiger partial charge in [0.1, 0.15) is 11.5 Å². The molecule has 1 heterocycles. The number of methoxy groups -OCH3 is 1. The van der Waals surface area contributed by atoms with Gasteiger partial charge in [0.05, 0.1) is 30.7 Å². The summed E-state index contributed by atoms with van der Waals surface area (Å²) in [6.07, 6.45) is 0.504. The average molecular weight is 356 g/mol. The summed E-state index contributed by atoms with van der Waals surface area (Å²) in [7, 11) is 1.08. The molecule has 1 aliphatic rings. The predicted octanol–water partition coefficient (Wildman–Crippen LogP) is 1.98. The first-order valence-corrected chi connectivity index (χ1v) is 9.18. The van der Waals surface area contributed by atoms with Gasteiger partial charge in [-0.3, -0.25) is 0 Å². The largest absolute Gasteiger partial charge is 0.498 e. The minimum absolute atomic E-state index is 0.198. The SMILES string of the molecule is COc1cc(OCCCS(=O)O)ccc1B1OC(C)(C)C(C)(C)O1. The van der Waals surface area contributed by atoms with Crippen molar-refractivity contribution >= 4 is 23.7 Å². The van der Waals surface area contributed by atoms with Gasteiger partial charge in [0.2, 0.25) is 0 Å². The Labute approximate surface area is 146 Å². The lowest BCUT2D eigenvalue weighted by Gasteiger charge is -2.32. The Kier molecular flexibility index (Phi) is 5.96. The van der Waals surface area contributed by atoms with Crippen molar-refractivity contribution in [2.45, 2.75) is 45.3 Å². The number of hydrogen-bond acceptors (Lipinski definition) is 5. The van der Waals surface area contributed by atoms with Gasteiger partial charge in [-0.05, 0) is 40.2 Å². The normalized spacial score (nSPS) is 20.0. The van der Waals surface area contributed by atoms with Gasteiger partial charge in [-0.15, -0.1) is 0 Å². The van der Waals surface area contributed by atoms with E-state index < -0.39 is 29.4 Å². The maximum Gasteiger partial charge on any atom is 0.498 e. The molecule has 0 aliphatic carbocycles. The van der Waals surface area contributed by atoms with Gasteiger partial charge in [0.15, 0.2) is 11.1 Å². The van der Waals surface area contributed by atoms with Gasteiger partial charge >= 0.3 is 7.12 Å². The molecule has 0 radical (unpaired) electrons. The summed E-state index contributed by atoms with van der Waals surface area (Å²) < 4.78 is 42.5. The first-order valence-electron chi connectivity index (χ1n) is 7.90. The molecule has 1 N–H and O–H groups in total. The smallest absolute Gasteiger partial charge is 0.497 e. The molecule has 1 aromatic rings. The molecule has 8 heteroatoms. The van der Waals surface area contributed by atoms with E-state index >= 15 is 0 Å². The highest BCUT2D eigenvalue weighted by molar-refractivity contribution is 7.79. The summed E-state index contributed by atoms with van der Waals surface area (Å²) in [4.78, 5) is 0. The molecule has 0 spiro atoms. The van der Waals surface area contributed by atoms with Crippen LogP contribution in [0.15, 0.2) is 18.2 Å². The number of hydrogen-bond donors (Lipinski definition) is 1. The summed E-state index contributed by atoms with van der Waals surface area (Å²) in [5.41, 5.74) is -0.0322. The van der Waals surface area contributed by atoms with E-state index in [1.54, 1.807) is 13.2 Å². The second-order valence-electron chi connectivity index (χ2n) is 6.72. The van der Waals surface area contributed by atoms with Crippen molar-refractivity contribution in [2.75, 3.05) is 19.5 Å². The van der Waals surface area contributed by atoms with Crippen molar-refractivity contribution < 1.29 is 27.5 Å². The van der Waals surface area contributed by atoms with Gasteiger partial charge in [-0.1, -0.05) is 6.07 Å². The van der Waals surface area contributed by atoms with Crippen LogP contribution >= 0.6 is 0 Å². The van der Waals surface area contributed by atoms with E-state index in [4.69, 9.17) is 23.3 Å². The van der Waals surface area contributed by atoms with Gasteiger partial charge in [-0.2, -0.15) is 0 Å². The molecular weight excluding hydrogens is 331 g/mol. The molecule has 2 rings (SSSR count). The van der Waals surface area contributed by atoms with Crippen LogP contribution in [0, 0.1) is 0 Å². The lowest BCUT2D eigenvalue weighted by Crippen LogP contribution is -2.41. The molecular formula is C16H25BO6S. The van der Waals surface area contributed by atoms with Crippen LogP contribution in [-0.2, 0) is 20.4 Å². The fourth-order valence-electron chi connectivity index (χ4n) is 2.32. The third-order valence-corrected chi connectivity index (χ3v) is 5.08. The average Bonchev–Trinajstić information content (AvgIpc) is 2.71. The van der Waals surface area contributed by atoms with Gasteiger partial charge in [-0.25, -0.2) is 4.21 Å². The van der Waals surface area contributed by atoms with Crippen LogP contribution < -0.4 is 14.9 Å². The van der Waals surface area contributed by atoms with E-state index in [9.17, 15) is 4.21 Å². The molecule has 0 saturated carbocycles. The second-order valence-corrected chi connectivity index (χ2v) is 7.77. The molecule has 0 amide bonds. The van der Waals surface area contributed by atoms with E-state index in [0.29, 0.717) is 24.5 Å². The van der Waals surface area contributed by atoms with Gasteiger partial charge < -0.3 is 23.3 Å². The summed E-state index contributed by atoms with van der Waals surface area (Å²) in [5.74, 6) is 1.45. The summed E-state index contributed by atoms with van der Waals surface area (Å²) >= 11 is -1.79. The molecule has 0 bridgehead atoms. The zero-order chi connectivity index (χ0) is 18.0. The van der Waals surface area contributed by atoms with Crippen molar-refractivity contribution in [3.8, 4) is 11.5 Å². The molecule has 1 atom stereocenters. The first-order chi connectivity index (χ1) is 11.2. The standard InChI is InChI=1S/C16H25BO6S/c1-15(2)16(3,4)23-17(22-15)13-8-7-12(11-14(13)20-5)21-9-6-10-24(18)19/h7-8,11H,6,9-10H2,1-5H3,(H,18,19). The van der Waals surface area contributed by atoms with Crippen molar-refractivity contribution in [2.24, 2.45) is 0 Å². The molecule has 0 aromatic heterocycles. The summed E-state index contributed by atoms with van der Waals surface area (Å²) in [5, 5.41) is 0. The molecule has 1 saturated heterocycles. The van der Waals surface area contributed by atoms with Crippen molar-refractivity contribution in [3.63, 3.8) is 0 Å². The van der Waals surface area contributed by atoms with E-state index in [-0.39, 0.29) is 5.75 Å². The highest BCUT2D eigenvalue weighted by Crippen LogP contribution is 2.37. The Hall–Kier alpha value is -1.09. The number of ether oxygens (including phenoxy) is 2. The monoisotopic (exact) mass is 356 g/mol. The topological polar surface area (TPSA) is 74.2 Å². The van der Waals surface area contributed by atoms with E-state index in [1.807, 2.05) is 39.8 Å². The summed E-state index contributed by atoms with van der Waals surface area (Å²) in [6, 6.07) is 5.45. The lowest BCUT2D eigenvalue weighted by molar-refractivity contribution is 0.00578. The van der Waals surface area contributed by atoms with Crippen molar-refractivity contribution in [1.29, 1.82) is 0 Å².